The van der Waals surface area contributed by atoms with Gasteiger partial charge in [0.05, 0.1) is 23.4 Å². The fraction of sp³-hybridized carbons (Fsp3) is 0.263. The third kappa shape index (κ3) is 4.12. The van der Waals surface area contributed by atoms with Gasteiger partial charge in [0.2, 0.25) is 0 Å². The number of thiazole rings is 1. The first-order valence-electron chi connectivity index (χ1n) is 8.44. The standard InChI is InChI=1S/C19H18BrN3O2S/c20-15-4-2-14(3-5-15)18(24)22-19-21-16-6-1-13(11-17(16)26-19)12-23-7-9-25-10-8-23/h1-6,11H,7-10,12H2,(H,21,22,24). The molecule has 0 saturated carbocycles. The Morgan fingerprint density at radius 1 is 1.19 bits per heavy atom. The summed E-state index contributed by atoms with van der Waals surface area (Å²) in [5, 5.41) is 3.52. The predicted octanol–water partition coefficient (Wildman–Crippen LogP) is 4.14. The van der Waals surface area contributed by atoms with Crippen molar-refractivity contribution in [2.75, 3.05) is 31.6 Å². The fourth-order valence-electron chi connectivity index (χ4n) is 2.91. The van der Waals surface area contributed by atoms with Gasteiger partial charge in [-0.05, 0) is 42.0 Å². The van der Waals surface area contributed by atoms with Crippen molar-refractivity contribution >= 4 is 48.5 Å². The van der Waals surface area contributed by atoms with Gasteiger partial charge in [0.15, 0.2) is 5.13 Å². The van der Waals surface area contributed by atoms with Crippen molar-refractivity contribution in [2.24, 2.45) is 0 Å². The summed E-state index contributed by atoms with van der Waals surface area (Å²) in [7, 11) is 0. The van der Waals surface area contributed by atoms with E-state index < -0.39 is 0 Å². The Morgan fingerprint density at radius 3 is 2.73 bits per heavy atom. The van der Waals surface area contributed by atoms with Gasteiger partial charge in [-0.3, -0.25) is 15.0 Å². The number of carbonyl (C=O) groups excluding carboxylic acids is 1. The van der Waals surface area contributed by atoms with Crippen LogP contribution in [-0.4, -0.2) is 42.1 Å². The molecule has 7 heteroatoms. The second-order valence-electron chi connectivity index (χ2n) is 6.17. The molecule has 0 radical (unpaired) electrons. The van der Waals surface area contributed by atoms with Crippen LogP contribution in [0, 0.1) is 0 Å². The van der Waals surface area contributed by atoms with Crippen molar-refractivity contribution in [1.82, 2.24) is 9.88 Å². The molecule has 1 fully saturated rings. The minimum absolute atomic E-state index is 0.148. The zero-order valence-corrected chi connectivity index (χ0v) is 16.5. The molecule has 1 amide bonds. The Labute approximate surface area is 164 Å². The van der Waals surface area contributed by atoms with E-state index in [9.17, 15) is 4.79 Å². The van der Waals surface area contributed by atoms with E-state index in [0.717, 1.165) is 47.5 Å². The van der Waals surface area contributed by atoms with E-state index in [2.05, 4.69) is 43.3 Å². The quantitative estimate of drug-likeness (QED) is 0.673. The van der Waals surface area contributed by atoms with Crippen molar-refractivity contribution < 1.29 is 9.53 Å². The van der Waals surface area contributed by atoms with Gasteiger partial charge < -0.3 is 4.74 Å². The van der Waals surface area contributed by atoms with Crippen molar-refractivity contribution in [1.29, 1.82) is 0 Å². The summed E-state index contributed by atoms with van der Waals surface area (Å²) >= 11 is 4.88. The first-order chi connectivity index (χ1) is 12.7. The molecule has 1 N–H and O–H groups in total. The van der Waals surface area contributed by atoms with Crippen LogP contribution in [0.4, 0.5) is 5.13 Å². The van der Waals surface area contributed by atoms with Crippen LogP contribution >= 0.6 is 27.3 Å². The number of benzene rings is 2. The van der Waals surface area contributed by atoms with E-state index in [-0.39, 0.29) is 5.91 Å². The Hall–Kier alpha value is -1.80. The largest absolute Gasteiger partial charge is 0.379 e. The van der Waals surface area contributed by atoms with Gasteiger partial charge in [-0.1, -0.05) is 33.3 Å². The maximum Gasteiger partial charge on any atom is 0.257 e. The molecule has 0 aliphatic carbocycles. The molecule has 3 aromatic rings. The molecule has 1 aliphatic rings. The van der Waals surface area contributed by atoms with Crippen LogP contribution in [0.25, 0.3) is 10.2 Å². The summed E-state index contributed by atoms with van der Waals surface area (Å²) < 4.78 is 7.43. The van der Waals surface area contributed by atoms with Gasteiger partial charge in [0, 0.05) is 29.7 Å². The lowest BCUT2D eigenvalue weighted by Gasteiger charge is -2.26. The van der Waals surface area contributed by atoms with Crippen LogP contribution in [0.3, 0.4) is 0 Å². The summed E-state index contributed by atoms with van der Waals surface area (Å²) in [6.45, 7) is 4.45. The summed E-state index contributed by atoms with van der Waals surface area (Å²) in [6.07, 6.45) is 0. The Morgan fingerprint density at radius 2 is 1.96 bits per heavy atom. The highest BCUT2D eigenvalue weighted by Crippen LogP contribution is 2.28. The number of morpholine rings is 1. The lowest BCUT2D eigenvalue weighted by Crippen LogP contribution is -2.35. The smallest absolute Gasteiger partial charge is 0.257 e. The number of fused-ring (bicyclic) bond motifs is 1. The molecule has 0 unspecified atom stereocenters. The molecule has 1 saturated heterocycles. The lowest BCUT2D eigenvalue weighted by atomic mass is 10.2. The predicted molar refractivity (Wildman–Crippen MR) is 108 cm³/mol. The van der Waals surface area contributed by atoms with Gasteiger partial charge in [0.1, 0.15) is 0 Å². The maximum atomic E-state index is 12.4. The van der Waals surface area contributed by atoms with E-state index in [1.54, 1.807) is 12.1 Å². The van der Waals surface area contributed by atoms with Crippen molar-refractivity contribution in [2.45, 2.75) is 6.54 Å². The molecule has 0 atom stereocenters. The van der Waals surface area contributed by atoms with Gasteiger partial charge in [0.25, 0.3) is 5.91 Å². The Kier molecular flexibility index (Phi) is 5.31. The summed E-state index contributed by atoms with van der Waals surface area (Å²) in [5.41, 5.74) is 2.78. The van der Waals surface area contributed by atoms with E-state index in [4.69, 9.17) is 4.74 Å². The highest BCUT2D eigenvalue weighted by Gasteiger charge is 2.13. The highest BCUT2D eigenvalue weighted by molar-refractivity contribution is 9.10. The molecule has 2 aromatic carbocycles. The third-order valence-corrected chi connectivity index (χ3v) is 5.75. The molecule has 4 rings (SSSR count). The van der Waals surface area contributed by atoms with Crippen molar-refractivity contribution in [3.63, 3.8) is 0 Å². The number of hydrogen-bond donors (Lipinski definition) is 1. The molecular weight excluding hydrogens is 414 g/mol. The van der Waals surface area contributed by atoms with E-state index in [0.29, 0.717) is 10.7 Å². The molecular formula is C19H18BrN3O2S. The number of aromatic nitrogens is 1. The molecule has 1 aliphatic heterocycles. The average molecular weight is 432 g/mol. The first kappa shape index (κ1) is 17.6. The van der Waals surface area contributed by atoms with Crippen LogP contribution in [0.1, 0.15) is 15.9 Å². The third-order valence-electron chi connectivity index (χ3n) is 4.29. The van der Waals surface area contributed by atoms with Gasteiger partial charge in [-0.2, -0.15) is 0 Å². The lowest BCUT2D eigenvalue weighted by molar-refractivity contribution is 0.0342. The molecule has 2 heterocycles. The van der Waals surface area contributed by atoms with Crippen molar-refractivity contribution in [3.8, 4) is 0 Å². The highest BCUT2D eigenvalue weighted by atomic mass is 79.9. The summed E-state index contributed by atoms with van der Waals surface area (Å²) in [6, 6.07) is 13.6. The number of hydrogen-bond acceptors (Lipinski definition) is 5. The number of halogens is 1. The van der Waals surface area contributed by atoms with Crippen LogP contribution in [-0.2, 0) is 11.3 Å². The van der Waals surface area contributed by atoms with Crippen LogP contribution < -0.4 is 5.32 Å². The monoisotopic (exact) mass is 431 g/mol. The number of rotatable bonds is 4. The van der Waals surface area contributed by atoms with Crippen LogP contribution in [0.5, 0.6) is 0 Å². The summed E-state index contributed by atoms with van der Waals surface area (Å²) in [5.74, 6) is -0.148. The molecule has 0 bridgehead atoms. The summed E-state index contributed by atoms with van der Waals surface area (Å²) in [4.78, 5) is 19.3. The Bertz CT molecular complexity index is 920. The van der Waals surface area contributed by atoms with E-state index >= 15 is 0 Å². The average Bonchev–Trinajstić information content (AvgIpc) is 3.04. The number of anilines is 1. The molecule has 1 aromatic heterocycles. The number of amides is 1. The minimum atomic E-state index is -0.148. The van der Waals surface area contributed by atoms with Gasteiger partial charge in [-0.25, -0.2) is 4.98 Å². The van der Waals surface area contributed by atoms with Gasteiger partial charge >= 0.3 is 0 Å². The topological polar surface area (TPSA) is 54.5 Å². The second kappa shape index (κ2) is 7.84. The van der Waals surface area contributed by atoms with E-state index in [1.807, 2.05) is 18.2 Å². The Balaban J connectivity index is 1.48. The number of ether oxygens (including phenoxy) is 1. The maximum absolute atomic E-state index is 12.4. The molecule has 5 nitrogen and oxygen atoms in total. The van der Waals surface area contributed by atoms with Crippen LogP contribution in [0.15, 0.2) is 46.9 Å². The molecule has 134 valence electrons. The first-order valence-corrected chi connectivity index (χ1v) is 10.0. The number of nitrogens with one attached hydrogen (secondary N) is 1. The molecule has 0 spiro atoms. The van der Waals surface area contributed by atoms with Crippen LogP contribution in [0.2, 0.25) is 0 Å². The zero-order valence-electron chi connectivity index (χ0n) is 14.1. The van der Waals surface area contributed by atoms with Gasteiger partial charge in [-0.15, -0.1) is 0 Å². The normalized spacial score (nSPS) is 15.3. The van der Waals surface area contributed by atoms with Crippen molar-refractivity contribution in [3.05, 3.63) is 58.1 Å². The minimum Gasteiger partial charge on any atom is -0.379 e. The number of carbonyl (C=O) groups is 1. The molecule has 26 heavy (non-hydrogen) atoms. The van der Waals surface area contributed by atoms with E-state index in [1.165, 1.54) is 16.9 Å². The fourth-order valence-corrected chi connectivity index (χ4v) is 4.10. The second-order valence-corrected chi connectivity index (χ2v) is 8.12. The SMILES string of the molecule is O=C(Nc1nc2ccc(CN3CCOCC3)cc2s1)c1ccc(Br)cc1. The number of nitrogens with zero attached hydrogens (tertiary/aromatic N) is 2. The zero-order chi connectivity index (χ0) is 17.9.